The minimum absolute atomic E-state index is 0.0721. The van der Waals surface area contributed by atoms with Crippen LogP contribution in [0, 0.1) is 11.8 Å². The van der Waals surface area contributed by atoms with Crippen molar-refractivity contribution in [1.82, 2.24) is 14.7 Å². The molecular weight excluding hydrogens is 433 g/mol. The summed E-state index contributed by atoms with van der Waals surface area (Å²) >= 11 is 1.32. The van der Waals surface area contributed by atoms with E-state index < -0.39 is 31.8 Å². The largest absolute Gasteiger partial charge is 0.530 e. The van der Waals surface area contributed by atoms with Gasteiger partial charge in [0.2, 0.25) is 11.8 Å². The van der Waals surface area contributed by atoms with Gasteiger partial charge >= 0.3 is 7.68 Å². The normalized spacial score (nSPS) is 31.5. The molecule has 3 heterocycles. The van der Waals surface area contributed by atoms with Gasteiger partial charge in [-0.2, -0.15) is 0 Å². The second-order valence-corrected chi connectivity index (χ2v) is 10.5. The summed E-state index contributed by atoms with van der Waals surface area (Å²) in [5.41, 5.74) is 0.401. The van der Waals surface area contributed by atoms with E-state index in [0.717, 1.165) is 4.90 Å². The van der Waals surface area contributed by atoms with Crippen molar-refractivity contribution in [3.8, 4) is 0 Å². The van der Waals surface area contributed by atoms with Crippen LogP contribution in [-0.4, -0.2) is 88.0 Å². The number of hydrogen-bond acceptors (Lipinski definition) is 8. The molecule has 0 radical (unpaired) electrons. The smallest absolute Gasteiger partial charge is 0.321 e. The Morgan fingerprint density at radius 3 is 2.50 bits per heavy atom. The van der Waals surface area contributed by atoms with Crippen LogP contribution in [0.25, 0.3) is 0 Å². The van der Waals surface area contributed by atoms with E-state index in [0.29, 0.717) is 10.6 Å². The van der Waals surface area contributed by atoms with E-state index in [1.807, 2.05) is 6.92 Å². The first-order valence-electron chi connectivity index (χ1n) is 9.67. The van der Waals surface area contributed by atoms with Gasteiger partial charge in [-0.3, -0.25) is 9.59 Å². The number of allylic oxidation sites excluding steroid dienone is 1. The van der Waals surface area contributed by atoms with E-state index in [1.54, 1.807) is 14.1 Å². The van der Waals surface area contributed by atoms with E-state index in [-0.39, 0.29) is 48.2 Å². The van der Waals surface area contributed by atoms with Crippen LogP contribution < -0.4 is 5.11 Å². The molecule has 0 saturated carbocycles. The molecule has 3 amide bonds. The topological polar surface area (TPSA) is 138 Å². The summed E-state index contributed by atoms with van der Waals surface area (Å²) in [4.78, 5) is 41.0. The number of hydrogen-bond donors (Lipinski definition) is 1. The third kappa shape index (κ3) is 3.78. The monoisotopic (exact) mass is 458 g/mol. The molecule has 2 saturated heterocycles. The maximum Gasteiger partial charge on any atom is 0.321 e. The van der Waals surface area contributed by atoms with Gasteiger partial charge in [0.15, 0.2) is 0 Å². The molecule has 0 spiro atoms. The predicted octanol–water partition coefficient (Wildman–Crippen LogP) is -0.164. The minimum Gasteiger partial charge on any atom is -0.530 e. The molecule has 10 nitrogen and oxygen atoms in total. The van der Waals surface area contributed by atoms with Crippen molar-refractivity contribution in [3.05, 3.63) is 10.6 Å². The number of likely N-dealkylation sites (N-methyl/N-ethyl adjacent to an activating group) is 1. The highest BCUT2D eigenvalue weighted by Gasteiger charge is 2.58. The van der Waals surface area contributed by atoms with Gasteiger partial charge in [-0.05, 0) is 13.3 Å². The van der Waals surface area contributed by atoms with Gasteiger partial charge in [0.05, 0.1) is 24.2 Å². The minimum atomic E-state index is -2.79. The number of nitrogens with zero attached hydrogens (tertiary/aromatic N) is 3. The summed E-state index contributed by atoms with van der Waals surface area (Å²) < 4.78 is 22.9. The summed E-state index contributed by atoms with van der Waals surface area (Å²) in [6, 6.07) is -1.17. The third-order valence-electron chi connectivity index (χ3n) is 6.01. The lowest BCUT2D eigenvalue weighted by Crippen LogP contribution is -2.63. The Hall–Kier alpha value is -1.84. The molecular formula is C18H25N3O7PS-. The zero-order valence-corrected chi connectivity index (χ0v) is 18.9. The van der Waals surface area contributed by atoms with E-state index in [9.17, 15) is 33.7 Å². The van der Waals surface area contributed by atoms with Gasteiger partial charge in [0.1, 0.15) is 12.1 Å². The molecule has 30 heavy (non-hydrogen) atoms. The Balaban J connectivity index is 1.87. The second kappa shape index (κ2) is 8.36. The Morgan fingerprint density at radius 1 is 1.37 bits per heavy atom. The average Bonchev–Trinajstić information content (AvgIpc) is 3.13. The molecule has 1 N–H and O–H groups in total. The highest BCUT2D eigenvalue weighted by atomic mass is 32.2. The molecule has 3 aliphatic heterocycles. The number of carbonyl (C=O) groups excluding carboxylic acids is 3. The zero-order valence-electron chi connectivity index (χ0n) is 17.2. The van der Waals surface area contributed by atoms with Gasteiger partial charge in [0, 0.05) is 42.4 Å². The van der Waals surface area contributed by atoms with E-state index >= 15 is 0 Å². The molecule has 2 fully saturated rings. The van der Waals surface area contributed by atoms with Crippen molar-refractivity contribution in [3.63, 3.8) is 0 Å². The Bertz CT molecular complexity index is 864. The molecule has 0 bridgehead atoms. The molecule has 0 aromatic heterocycles. The molecule has 3 rings (SSSR count). The summed E-state index contributed by atoms with van der Waals surface area (Å²) in [6.45, 7) is 3.49. The van der Waals surface area contributed by atoms with Crippen LogP contribution in [0.2, 0.25) is 0 Å². The van der Waals surface area contributed by atoms with Crippen LogP contribution >= 0.6 is 19.4 Å². The number of carboxylic acid groups (broad SMARTS) is 1. The van der Waals surface area contributed by atoms with Crippen molar-refractivity contribution in [1.29, 1.82) is 0 Å². The molecule has 3 aliphatic rings. The molecule has 12 heteroatoms. The van der Waals surface area contributed by atoms with Crippen LogP contribution in [0.4, 0.5) is 4.79 Å². The Kier molecular flexibility index (Phi) is 6.36. The number of amides is 3. The van der Waals surface area contributed by atoms with Crippen LogP contribution in [0.1, 0.15) is 20.3 Å². The van der Waals surface area contributed by atoms with Crippen LogP contribution in [0.3, 0.4) is 0 Å². The number of rotatable bonds is 6. The van der Waals surface area contributed by atoms with Crippen molar-refractivity contribution >= 4 is 37.3 Å². The number of fused-ring (bicyclic) bond motifs is 1. The fourth-order valence-electron chi connectivity index (χ4n) is 4.66. The van der Waals surface area contributed by atoms with Crippen molar-refractivity contribution in [2.45, 2.75) is 43.7 Å². The van der Waals surface area contributed by atoms with Crippen molar-refractivity contribution in [2.24, 2.45) is 11.8 Å². The standard InChI is InChI=1S/C18H26N3O7PS/c1-8-14-13(9(2)22)17(24)21(14)12(7-29(27)28)15(8)30-10-5-11(16(23)19(3)4)20(6-10)18(25)26/h8-11,13-14,22H,5-7H2,1-4H3,(H,25,26)/p-1. The van der Waals surface area contributed by atoms with Crippen molar-refractivity contribution < 1.29 is 33.7 Å². The summed E-state index contributed by atoms with van der Waals surface area (Å²) in [5, 5.41) is 21.2. The fraction of sp³-hybridized carbons (Fsp3) is 0.722. The van der Waals surface area contributed by atoms with Crippen LogP contribution in [0.5, 0.6) is 0 Å². The van der Waals surface area contributed by atoms with Crippen molar-refractivity contribution in [2.75, 3.05) is 26.8 Å². The number of likely N-dealkylation sites (tertiary alicyclic amines) is 1. The van der Waals surface area contributed by atoms with Crippen LogP contribution in [-0.2, 0) is 18.7 Å². The first-order valence-corrected chi connectivity index (χ1v) is 11.9. The lowest BCUT2D eigenvalue weighted by atomic mass is 9.79. The number of aliphatic hydroxyl groups excluding tert-OH is 1. The SMILES string of the molecule is CC(O)C1C(=O)N2C(CP(=O)=O)=C(SC3CC(C(=O)N(C)C)N(C(=O)[O-])C3)C(C)C12. The van der Waals surface area contributed by atoms with E-state index in [4.69, 9.17) is 0 Å². The number of carbonyl (C=O) groups is 3. The Morgan fingerprint density at radius 2 is 2.00 bits per heavy atom. The molecule has 0 aromatic rings. The number of thioether (sulfide) groups is 1. The second-order valence-electron chi connectivity index (χ2n) is 8.20. The molecule has 0 aliphatic carbocycles. The predicted molar refractivity (Wildman–Crippen MR) is 106 cm³/mol. The lowest BCUT2D eigenvalue weighted by Gasteiger charge is -2.47. The molecule has 6 unspecified atom stereocenters. The zero-order chi connectivity index (χ0) is 22.5. The number of aliphatic hydroxyl groups is 1. The Labute approximate surface area is 179 Å². The molecule has 6 atom stereocenters. The summed E-state index contributed by atoms with van der Waals surface area (Å²) in [5.74, 6) is -1.43. The maximum atomic E-state index is 12.5. The van der Waals surface area contributed by atoms with Gasteiger partial charge in [-0.15, -0.1) is 11.8 Å². The molecule has 0 aromatic carbocycles. The van der Waals surface area contributed by atoms with E-state index in [1.165, 1.54) is 28.5 Å². The quantitative estimate of drug-likeness (QED) is 0.428. The van der Waals surface area contributed by atoms with Gasteiger partial charge in [-0.25, -0.2) is 9.13 Å². The van der Waals surface area contributed by atoms with Crippen LogP contribution in [0.15, 0.2) is 10.6 Å². The average molecular weight is 458 g/mol. The number of β-lactam (4-membered cyclic amide) rings is 1. The highest BCUT2D eigenvalue weighted by molar-refractivity contribution is 8.03. The third-order valence-corrected chi connectivity index (χ3v) is 8.10. The van der Waals surface area contributed by atoms with Gasteiger partial charge in [-0.1, -0.05) is 6.92 Å². The molecule has 166 valence electrons. The van der Waals surface area contributed by atoms with Gasteiger partial charge in [0.25, 0.3) is 0 Å². The highest BCUT2D eigenvalue weighted by Crippen LogP contribution is 2.53. The fourth-order valence-corrected chi connectivity index (χ4v) is 6.86. The lowest BCUT2D eigenvalue weighted by molar-refractivity contribution is -0.266. The first-order chi connectivity index (χ1) is 14.0. The summed E-state index contributed by atoms with van der Waals surface area (Å²) in [7, 11) is 0.313. The maximum absolute atomic E-state index is 12.5. The van der Waals surface area contributed by atoms with Gasteiger partial charge < -0.3 is 29.7 Å². The summed E-state index contributed by atoms with van der Waals surface area (Å²) in [6.07, 6.45) is -2.31. The first kappa shape index (κ1) is 22.8. The van der Waals surface area contributed by atoms with E-state index in [2.05, 4.69) is 0 Å².